The molecule has 0 spiro atoms. The predicted molar refractivity (Wildman–Crippen MR) is 79.9 cm³/mol. The number of nitrogens with zero attached hydrogens (tertiary/aromatic N) is 1. The van der Waals surface area contributed by atoms with Crippen LogP contribution in [0, 0.1) is 6.92 Å². The Labute approximate surface area is 126 Å². The second-order valence-corrected chi connectivity index (χ2v) is 4.83. The van der Waals surface area contributed by atoms with Crippen molar-refractivity contribution in [3.05, 3.63) is 51.8 Å². The zero-order valence-electron chi connectivity index (χ0n) is 10.9. The average Bonchev–Trinajstić information content (AvgIpc) is 2.42. The smallest absolute Gasteiger partial charge is 0.259 e. The molecule has 2 aromatic rings. The summed E-state index contributed by atoms with van der Waals surface area (Å²) in [6, 6.07) is 8.55. The van der Waals surface area contributed by atoms with Crippen LogP contribution in [0.15, 0.2) is 30.3 Å². The molecule has 0 radical (unpaired) electrons. The van der Waals surface area contributed by atoms with Gasteiger partial charge in [-0.25, -0.2) is 4.98 Å². The number of aryl methyl sites for hydroxylation is 1. The number of methoxy groups -OCH3 is 1. The Bertz CT molecular complexity index is 636. The van der Waals surface area contributed by atoms with E-state index in [2.05, 4.69) is 10.3 Å². The number of amides is 1. The summed E-state index contributed by atoms with van der Waals surface area (Å²) in [6.45, 7) is 1.79. The number of anilines is 1. The van der Waals surface area contributed by atoms with Gasteiger partial charge < -0.3 is 10.1 Å². The van der Waals surface area contributed by atoms with Crippen LogP contribution in [0.25, 0.3) is 0 Å². The number of hydrogen-bond acceptors (Lipinski definition) is 3. The highest BCUT2D eigenvalue weighted by Gasteiger charge is 2.15. The Morgan fingerprint density at radius 3 is 2.65 bits per heavy atom. The number of nitrogens with one attached hydrogen (secondary N) is 1. The van der Waals surface area contributed by atoms with Gasteiger partial charge >= 0.3 is 0 Å². The van der Waals surface area contributed by atoms with E-state index in [4.69, 9.17) is 27.9 Å². The quantitative estimate of drug-likeness (QED) is 0.873. The van der Waals surface area contributed by atoms with E-state index in [1.165, 1.54) is 7.11 Å². The second-order valence-electron chi connectivity index (χ2n) is 4.08. The van der Waals surface area contributed by atoms with Crippen LogP contribution in [0.1, 0.15) is 15.9 Å². The number of carbonyl (C=O) groups is 1. The monoisotopic (exact) mass is 310 g/mol. The summed E-state index contributed by atoms with van der Waals surface area (Å²) in [5, 5.41) is 3.16. The number of benzene rings is 1. The van der Waals surface area contributed by atoms with E-state index in [1.807, 2.05) is 0 Å². The van der Waals surface area contributed by atoms with Crippen LogP contribution in [0.5, 0.6) is 5.75 Å². The summed E-state index contributed by atoms with van der Waals surface area (Å²) in [6.07, 6.45) is 0. The van der Waals surface area contributed by atoms with Gasteiger partial charge in [0.25, 0.3) is 5.91 Å². The first-order valence-electron chi connectivity index (χ1n) is 5.80. The van der Waals surface area contributed by atoms with Gasteiger partial charge in [-0.2, -0.15) is 0 Å². The Kier molecular flexibility index (Phi) is 4.47. The van der Waals surface area contributed by atoms with Crippen molar-refractivity contribution in [3.63, 3.8) is 0 Å². The van der Waals surface area contributed by atoms with Crippen molar-refractivity contribution < 1.29 is 9.53 Å². The van der Waals surface area contributed by atoms with Crippen molar-refractivity contribution in [2.45, 2.75) is 6.92 Å². The molecule has 6 heteroatoms. The molecule has 2 rings (SSSR count). The van der Waals surface area contributed by atoms with E-state index in [1.54, 1.807) is 37.3 Å². The zero-order chi connectivity index (χ0) is 14.7. The SMILES string of the molecule is COc1ccccc1C(=O)Nc1c(C)cc(Cl)nc1Cl. The Morgan fingerprint density at radius 2 is 2.00 bits per heavy atom. The maximum Gasteiger partial charge on any atom is 0.259 e. The lowest BCUT2D eigenvalue weighted by Crippen LogP contribution is -2.14. The molecule has 0 fully saturated rings. The van der Waals surface area contributed by atoms with E-state index >= 15 is 0 Å². The van der Waals surface area contributed by atoms with E-state index in [-0.39, 0.29) is 16.2 Å². The molecule has 0 atom stereocenters. The van der Waals surface area contributed by atoms with Crippen LogP contribution >= 0.6 is 23.2 Å². The van der Waals surface area contributed by atoms with Crippen LogP contribution in [0.4, 0.5) is 5.69 Å². The van der Waals surface area contributed by atoms with Crippen molar-refractivity contribution in [3.8, 4) is 5.75 Å². The number of rotatable bonds is 3. The number of hydrogen-bond donors (Lipinski definition) is 1. The number of aromatic nitrogens is 1. The lowest BCUT2D eigenvalue weighted by molar-refractivity contribution is 0.102. The minimum Gasteiger partial charge on any atom is -0.496 e. The standard InChI is InChI=1S/C14H12Cl2N2O2/c1-8-7-11(15)17-13(16)12(8)18-14(19)9-5-3-4-6-10(9)20-2/h3-7H,1-2H3,(H,18,19). The van der Waals surface area contributed by atoms with Gasteiger partial charge in [0, 0.05) is 0 Å². The molecule has 0 bridgehead atoms. The molecule has 1 N–H and O–H groups in total. The van der Waals surface area contributed by atoms with Crippen molar-refractivity contribution in [1.29, 1.82) is 0 Å². The van der Waals surface area contributed by atoms with Gasteiger partial charge in [0.1, 0.15) is 10.9 Å². The molecule has 1 heterocycles. The minimum atomic E-state index is -0.323. The van der Waals surface area contributed by atoms with Gasteiger partial charge in [0.2, 0.25) is 0 Å². The molecule has 1 amide bonds. The van der Waals surface area contributed by atoms with E-state index in [9.17, 15) is 4.79 Å². The zero-order valence-corrected chi connectivity index (χ0v) is 12.4. The molecule has 0 saturated heterocycles. The summed E-state index contributed by atoms with van der Waals surface area (Å²) in [5.41, 5.74) is 1.59. The number of carbonyl (C=O) groups excluding carboxylic acids is 1. The van der Waals surface area contributed by atoms with Gasteiger partial charge in [0.15, 0.2) is 5.15 Å². The molecule has 1 aromatic heterocycles. The van der Waals surface area contributed by atoms with Crippen LogP contribution in [-0.4, -0.2) is 18.0 Å². The number of ether oxygens (including phenoxy) is 1. The van der Waals surface area contributed by atoms with Crippen LogP contribution in [0.2, 0.25) is 10.3 Å². The van der Waals surface area contributed by atoms with Crippen molar-refractivity contribution in [2.75, 3.05) is 12.4 Å². The van der Waals surface area contributed by atoms with E-state index in [0.29, 0.717) is 17.0 Å². The third-order valence-electron chi connectivity index (χ3n) is 2.73. The number of para-hydroxylation sites is 1. The van der Waals surface area contributed by atoms with E-state index in [0.717, 1.165) is 5.56 Å². The first-order chi connectivity index (χ1) is 9.52. The number of halogens is 2. The fraction of sp³-hybridized carbons (Fsp3) is 0.143. The topological polar surface area (TPSA) is 51.2 Å². The van der Waals surface area contributed by atoms with Crippen LogP contribution in [0.3, 0.4) is 0 Å². The summed E-state index contributed by atoms with van der Waals surface area (Å²) >= 11 is 11.8. The van der Waals surface area contributed by atoms with Gasteiger partial charge in [-0.1, -0.05) is 35.3 Å². The van der Waals surface area contributed by atoms with Crippen molar-refractivity contribution in [2.24, 2.45) is 0 Å². The highest BCUT2D eigenvalue weighted by atomic mass is 35.5. The van der Waals surface area contributed by atoms with Crippen LogP contribution in [-0.2, 0) is 0 Å². The molecule has 0 aliphatic carbocycles. The molecule has 20 heavy (non-hydrogen) atoms. The van der Waals surface area contributed by atoms with Gasteiger partial charge in [-0.15, -0.1) is 0 Å². The molecule has 4 nitrogen and oxygen atoms in total. The third-order valence-corrected chi connectivity index (χ3v) is 3.20. The second kappa shape index (κ2) is 6.11. The lowest BCUT2D eigenvalue weighted by atomic mass is 10.1. The molecular weight excluding hydrogens is 299 g/mol. The Balaban J connectivity index is 2.33. The molecule has 0 aliphatic rings. The van der Waals surface area contributed by atoms with E-state index < -0.39 is 0 Å². The Hall–Kier alpha value is -1.78. The normalized spacial score (nSPS) is 10.2. The van der Waals surface area contributed by atoms with Crippen molar-refractivity contribution >= 4 is 34.8 Å². The molecule has 104 valence electrons. The first-order valence-corrected chi connectivity index (χ1v) is 6.55. The van der Waals surface area contributed by atoms with Crippen LogP contribution < -0.4 is 10.1 Å². The highest BCUT2D eigenvalue weighted by molar-refractivity contribution is 6.35. The molecular formula is C14H12Cl2N2O2. The highest BCUT2D eigenvalue weighted by Crippen LogP contribution is 2.28. The minimum absolute atomic E-state index is 0.151. The first kappa shape index (κ1) is 14.6. The molecule has 0 saturated carbocycles. The molecule has 0 aliphatic heterocycles. The fourth-order valence-corrected chi connectivity index (χ4v) is 2.34. The summed E-state index contributed by atoms with van der Waals surface area (Å²) < 4.78 is 5.15. The third kappa shape index (κ3) is 3.03. The Morgan fingerprint density at radius 1 is 1.30 bits per heavy atom. The van der Waals surface area contributed by atoms with Crippen molar-refractivity contribution in [1.82, 2.24) is 4.98 Å². The lowest BCUT2D eigenvalue weighted by Gasteiger charge is -2.12. The number of pyridine rings is 1. The van der Waals surface area contributed by atoms with Gasteiger partial charge in [-0.05, 0) is 30.7 Å². The molecule has 1 aromatic carbocycles. The molecule has 0 unspecified atom stereocenters. The van der Waals surface area contributed by atoms with Gasteiger partial charge in [0.05, 0.1) is 18.4 Å². The largest absolute Gasteiger partial charge is 0.496 e. The summed E-state index contributed by atoms with van der Waals surface area (Å²) in [5.74, 6) is 0.164. The maximum absolute atomic E-state index is 12.3. The average molecular weight is 311 g/mol. The van der Waals surface area contributed by atoms with Gasteiger partial charge in [-0.3, -0.25) is 4.79 Å². The summed E-state index contributed by atoms with van der Waals surface area (Å²) in [4.78, 5) is 16.2. The predicted octanol–water partition coefficient (Wildman–Crippen LogP) is 3.96. The maximum atomic E-state index is 12.3. The fourth-order valence-electron chi connectivity index (χ4n) is 1.76. The summed E-state index contributed by atoms with van der Waals surface area (Å²) in [7, 11) is 1.51.